The average Bonchev–Trinajstić information content (AvgIpc) is 2.59. The van der Waals surface area contributed by atoms with Gasteiger partial charge in [-0.3, -0.25) is 0 Å². The minimum Gasteiger partial charge on any atom is -0.166 e. The van der Waals surface area contributed by atoms with Crippen LogP contribution in [-0.2, 0) is 6.18 Å². The van der Waals surface area contributed by atoms with Crippen molar-refractivity contribution in [2.45, 2.75) is 47.7 Å². The molecule has 0 aliphatic heterocycles. The molecule has 0 aliphatic carbocycles. The number of aryl methyl sites for hydroxylation is 1. The van der Waals surface area contributed by atoms with E-state index in [0.717, 1.165) is 11.6 Å². The molecular weight excluding hydrogens is 309 g/mol. The van der Waals surface area contributed by atoms with Crippen LogP contribution < -0.4 is 0 Å². The zero-order valence-electron chi connectivity index (χ0n) is 15.5. The van der Waals surface area contributed by atoms with Crippen LogP contribution in [0.1, 0.15) is 45.7 Å². The Morgan fingerprint density at radius 2 is 1.25 bits per heavy atom. The first-order valence-corrected chi connectivity index (χ1v) is 8.20. The van der Waals surface area contributed by atoms with Gasteiger partial charge in [-0.1, -0.05) is 81.8 Å². The number of allylic oxidation sites excluding steroid dienone is 1. The van der Waals surface area contributed by atoms with Crippen LogP contribution in [0, 0.1) is 6.92 Å². The van der Waals surface area contributed by atoms with Crippen LogP contribution in [0.5, 0.6) is 0 Å². The Kier molecular flexibility index (Phi) is 13.5. The Morgan fingerprint density at radius 3 is 1.67 bits per heavy atom. The summed E-state index contributed by atoms with van der Waals surface area (Å²) in [4.78, 5) is 0. The van der Waals surface area contributed by atoms with Crippen molar-refractivity contribution in [3.8, 4) is 11.1 Å². The highest BCUT2D eigenvalue weighted by molar-refractivity contribution is 5.68. The van der Waals surface area contributed by atoms with E-state index in [1.807, 2.05) is 53.7 Å². The molecule has 0 spiro atoms. The summed E-state index contributed by atoms with van der Waals surface area (Å²) in [5.74, 6) is 0. The monoisotopic (exact) mass is 338 g/mol. The van der Waals surface area contributed by atoms with E-state index in [2.05, 4.69) is 6.58 Å². The smallest absolute Gasteiger partial charge is 0.166 e. The molecule has 0 amide bonds. The van der Waals surface area contributed by atoms with E-state index in [0.29, 0.717) is 5.56 Å². The van der Waals surface area contributed by atoms with E-state index < -0.39 is 11.7 Å². The van der Waals surface area contributed by atoms with Crippen LogP contribution in [0.15, 0.2) is 61.2 Å². The lowest BCUT2D eigenvalue weighted by molar-refractivity contribution is -0.137. The average molecular weight is 338 g/mol. The molecule has 24 heavy (non-hydrogen) atoms. The zero-order chi connectivity index (χ0) is 19.2. The number of benzene rings is 2. The van der Waals surface area contributed by atoms with Gasteiger partial charge in [0.2, 0.25) is 0 Å². The summed E-state index contributed by atoms with van der Waals surface area (Å²) in [5.41, 5.74) is 1.24. The third-order valence-corrected chi connectivity index (χ3v) is 2.60. The first-order chi connectivity index (χ1) is 11.4. The van der Waals surface area contributed by atoms with E-state index in [1.54, 1.807) is 24.3 Å². The molecular formula is C21H29F3. The number of hydrogen-bond donors (Lipinski definition) is 0. The quantitative estimate of drug-likeness (QED) is 0.463. The highest BCUT2D eigenvalue weighted by Gasteiger charge is 2.33. The van der Waals surface area contributed by atoms with Gasteiger partial charge in [0.15, 0.2) is 0 Å². The largest absolute Gasteiger partial charge is 0.417 e. The molecule has 0 fully saturated rings. The molecule has 0 saturated carbocycles. The molecule has 2 aromatic carbocycles. The fourth-order valence-corrected chi connectivity index (χ4v) is 1.72. The normalized spacial score (nSPS) is 9.21. The molecule has 2 aromatic rings. The summed E-state index contributed by atoms with van der Waals surface area (Å²) in [6, 6.07) is 12.7. The highest BCUT2D eigenvalue weighted by atomic mass is 19.4. The third-order valence-electron chi connectivity index (χ3n) is 2.60. The Hall–Kier alpha value is -2.03. The molecule has 134 valence electrons. The van der Waals surface area contributed by atoms with Crippen molar-refractivity contribution in [3.63, 3.8) is 0 Å². The lowest BCUT2D eigenvalue weighted by Gasteiger charge is -2.12. The molecule has 2 rings (SSSR count). The van der Waals surface area contributed by atoms with Crippen molar-refractivity contribution in [1.29, 1.82) is 0 Å². The molecule has 0 N–H and O–H groups in total. The fourth-order valence-electron chi connectivity index (χ4n) is 1.72. The van der Waals surface area contributed by atoms with Gasteiger partial charge in [0.1, 0.15) is 0 Å². The molecule has 0 nitrogen and oxygen atoms in total. The first-order valence-electron chi connectivity index (χ1n) is 8.20. The first kappa shape index (κ1) is 24.2. The van der Waals surface area contributed by atoms with E-state index >= 15 is 0 Å². The topological polar surface area (TPSA) is 0 Å². The van der Waals surface area contributed by atoms with E-state index in [1.165, 1.54) is 12.1 Å². The van der Waals surface area contributed by atoms with Gasteiger partial charge in [-0.05, 0) is 31.0 Å². The van der Waals surface area contributed by atoms with Crippen LogP contribution in [0.25, 0.3) is 11.1 Å². The second kappa shape index (κ2) is 13.4. The summed E-state index contributed by atoms with van der Waals surface area (Å²) >= 11 is 0. The van der Waals surface area contributed by atoms with Crippen molar-refractivity contribution in [2.24, 2.45) is 0 Å². The summed E-state index contributed by atoms with van der Waals surface area (Å²) in [7, 11) is 0. The predicted molar refractivity (Wildman–Crippen MR) is 100 cm³/mol. The van der Waals surface area contributed by atoms with Crippen molar-refractivity contribution in [2.75, 3.05) is 0 Å². The summed E-state index contributed by atoms with van der Waals surface area (Å²) in [5, 5.41) is 0. The van der Waals surface area contributed by atoms with Crippen LogP contribution in [-0.4, -0.2) is 0 Å². The Morgan fingerprint density at radius 1 is 0.833 bits per heavy atom. The van der Waals surface area contributed by atoms with Crippen LogP contribution in [0.3, 0.4) is 0 Å². The molecule has 0 aliphatic rings. The van der Waals surface area contributed by atoms with Gasteiger partial charge in [0.05, 0.1) is 5.56 Å². The van der Waals surface area contributed by atoms with Gasteiger partial charge in [-0.2, -0.15) is 13.2 Å². The van der Waals surface area contributed by atoms with Gasteiger partial charge in [-0.15, -0.1) is 6.58 Å². The van der Waals surface area contributed by atoms with Crippen molar-refractivity contribution >= 4 is 0 Å². The Bertz CT molecular complexity index is 552. The maximum atomic E-state index is 12.8. The number of hydrogen-bond acceptors (Lipinski definition) is 0. The van der Waals surface area contributed by atoms with Gasteiger partial charge < -0.3 is 0 Å². The molecule has 0 unspecified atom stereocenters. The number of halogens is 3. The SMILES string of the molecule is C=CC.CC.CC.Cc1ccc(-c2ccccc2C(F)(F)F)cc1. The number of rotatable bonds is 1. The van der Waals surface area contributed by atoms with Gasteiger partial charge >= 0.3 is 6.18 Å². The molecule has 0 heterocycles. The Balaban J connectivity index is 0. The summed E-state index contributed by atoms with van der Waals surface area (Å²) < 4.78 is 38.4. The van der Waals surface area contributed by atoms with Crippen LogP contribution in [0.2, 0.25) is 0 Å². The van der Waals surface area contributed by atoms with Crippen LogP contribution in [0.4, 0.5) is 13.2 Å². The van der Waals surface area contributed by atoms with Crippen molar-refractivity contribution in [3.05, 3.63) is 72.3 Å². The fraction of sp³-hybridized carbons (Fsp3) is 0.333. The second-order valence-corrected chi connectivity index (χ2v) is 4.32. The van der Waals surface area contributed by atoms with Gasteiger partial charge in [0, 0.05) is 0 Å². The predicted octanol–water partition coefficient (Wildman–Crippen LogP) is 7.93. The molecule has 0 bridgehead atoms. The molecule has 0 atom stereocenters. The lowest BCUT2D eigenvalue weighted by Crippen LogP contribution is -2.06. The maximum absolute atomic E-state index is 12.8. The second-order valence-electron chi connectivity index (χ2n) is 4.32. The molecule has 0 aromatic heterocycles. The Labute approximate surface area is 145 Å². The number of alkyl halides is 3. The minimum atomic E-state index is -4.32. The van der Waals surface area contributed by atoms with Crippen molar-refractivity contribution in [1.82, 2.24) is 0 Å². The standard InChI is InChI=1S/C14H11F3.C3H6.2C2H6/c1-10-6-8-11(9-7-10)12-4-2-3-5-13(12)14(15,16)17;1-3-2;2*1-2/h2-9H,1H3;3H,1H2,2H3;2*1-2H3. The summed E-state index contributed by atoms with van der Waals surface area (Å²) in [6.07, 6.45) is -2.57. The summed E-state index contributed by atoms with van der Waals surface area (Å²) in [6.45, 7) is 15.2. The molecule has 0 radical (unpaired) electrons. The lowest BCUT2D eigenvalue weighted by atomic mass is 9.98. The van der Waals surface area contributed by atoms with E-state index in [-0.39, 0.29) is 5.56 Å². The van der Waals surface area contributed by atoms with Crippen LogP contribution >= 0.6 is 0 Å². The third kappa shape index (κ3) is 8.56. The maximum Gasteiger partial charge on any atom is 0.417 e. The van der Waals surface area contributed by atoms with Crippen molar-refractivity contribution < 1.29 is 13.2 Å². The minimum absolute atomic E-state index is 0.222. The highest BCUT2D eigenvalue weighted by Crippen LogP contribution is 2.36. The zero-order valence-corrected chi connectivity index (χ0v) is 15.5. The molecule has 3 heteroatoms. The van der Waals surface area contributed by atoms with E-state index in [9.17, 15) is 13.2 Å². The molecule has 0 saturated heterocycles. The van der Waals surface area contributed by atoms with Gasteiger partial charge in [0.25, 0.3) is 0 Å². The van der Waals surface area contributed by atoms with Gasteiger partial charge in [-0.25, -0.2) is 0 Å². The van der Waals surface area contributed by atoms with E-state index in [4.69, 9.17) is 0 Å².